The van der Waals surface area contributed by atoms with E-state index in [2.05, 4.69) is 26.6 Å². The van der Waals surface area contributed by atoms with Gasteiger partial charge in [-0.15, -0.1) is 0 Å². The summed E-state index contributed by atoms with van der Waals surface area (Å²) in [6, 6.07) is 18.2. The first kappa shape index (κ1) is 24.9. The first-order valence-electron chi connectivity index (χ1n) is 11.0. The van der Waals surface area contributed by atoms with Crippen LogP contribution in [0.5, 0.6) is 5.75 Å². The standard InChI is InChI=1S/C27H22BrN3O5/c1-16-8-10-21(12-17(16)2)31-26(34)22(25(33)30-27(31)35)14-18-13-19(28)9-11-23(18)36-15-24(32)29-20-6-4-3-5-7-20/h3-14H,15H2,1-2H3,(H,29,32)(H,30,33,35)/b22-14+. The van der Waals surface area contributed by atoms with E-state index in [-0.39, 0.29) is 23.8 Å². The zero-order valence-electron chi connectivity index (χ0n) is 19.5. The van der Waals surface area contributed by atoms with Gasteiger partial charge in [0.2, 0.25) is 0 Å². The molecular weight excluding hydrogens is 526 g/mol. The second-order valence-electron chi connectivity index (χ2n) is 8.11. The van der Waals surface area contributed by atoms with Crippen molar-refractivity contribution in [3.63, 3.8) is 0 Å². The van der Waals surface area contributed by atoms with Crippen LogP contribution in [-0.4, -0.2) is 30.4 Å². The van der Waals surface area contributed by atoms with E-state index in [4.69, 9.17) is 4.74 Å². The topological polar surface area (TPSA) is 105 Å². The fraction of sp³-hybridized carbons (Fsp3) is 0.111. The fourth-order valence-electron chi connectivity index (χ4n) is 3.54. The van der Waals surface area contributed by atoms with Crippen LogP contribution in [0.3, 0.4) is 0 Å². The first-order chi connectivity index (χ1) is 17.2. The molecule has 5 amide bonds. The van der Waals surface area contributed by atoms with E-state index in [1.54, 1.807) is 60.7 Å². The predicted octanol–water partition coefficient (Wildman–Crippen LogP) is 4.75. The summed E-state index contributed by atoms with van der Waals surface area (Å²) in [6.07, 6.45) is 1.34. The summed E-state index contributed by atoms with van der Waals surface area (Å²) in [7, 11) is 0. The highest BCUT2D eigenvalue weighted by molar-refractivity contribution is 9.10. The minimum Gasteiger partial charge on any atom is -0.483 e. The number of imide groups is 2. The number of ether oxygens (including phenoxy) is 1. The number of amides is 5. The number of hydrogen-bond acceptors (Lipinski definition) is 5. The van der Waals surface area contributed by atoms with Gasteiger partial charge in [0.25, 0.3) is 17.7 Å². The number of para-hydroxylation sites is 1. The van der Waals surface area contributed by atoms with Crippen LogP contribution in [0.25, 0.3) is 6.08 Å². The van der Waals surface area contributed by atoms with Crippen molar-refractivity contribution in [2.75, 3.05) is 16.8 Å². The van der Waals surface area contributed by atoms with E-state index in [0.717, 1.165) is 16.0 Å². The summed E-state index contributed by atoms with van der Waals surface area (Å²) in [5.74, 6) is -1.68. The summed E-state index contributed by atoms with van der Waals surface area (Å²) in [5, 5.41) is 4.94. The lowest BCUT2D eigenvalue weighted by Gasteiger charge is -2.27. The third-order valence-corrected chi connectivity index (χ3v) is 6.03. The maximum absolute atomic E-state index is 13.3. The zero-order chi connectivity index (χ0) is 25.8. The number of aryl methyl sites for hydroxylation is 2. The minimum absolute atomic E-state index is 0.246. The summed E-state index contributed by atoms with van der Waals surface area (Å²) in [6.45, 7) is 3.49. The molecule has 1 saturated heterocycles. The molecular formula is C27H22BrN3O5. The number of urea groups is 1. The van der Waals surface area contributed by atoms with E-state index in [1.165, 1.54) is 6.08 Å². The Kier molecular flexibility index (Phi) is 7.30. The summed E-state index contributed by atoms with van der Waals surface area (Å²) in [5.41, 5.74) is 3.01. The van der Waals surface area contributed by atoms with Crippen LogP contribution in [0.1, 0.15) is 16.7 Å². The SMILES string of the molecule is Cc1ccc(N2C(=O)NC(=O)/C(=C\c3cc(Br)ccc3OCC(=O)Nc3ccccc3)C2=O)cc1C. The third kappa shape index (κ3) is 5.52. The Morgan fingerprint density at radius 2 is 1.75 bits per heavy atom. The second-order valence-corrected chi connectivity index (χ2v) is 9.03. The highest BCUT2D eigenvalue weighted by atomic mass is 79.9. The quantitative estimate of drug-likeness (QED) is 0.342. The molecule has 1 aliphatic heterocycles. The van der Waals surface area contributed by atoms with Gasteiger partial charge in [-0.1, -0.05) is 40.2 Å². The highest BCUT2D eigenvalue weighted by Crippen LogP contribution is 2.29. The van der Waals surface area contributed by atoms with Gasteiger partial charge in [-0.3, -0.25) is 19.7 Å². The van der Waals surface area contributed by atoms with Gasteiger partial charge in [-0.25, -0.2) is 9.69 Å². The molecule has 1 heterocycles. The monoisotopic (exact) mass is 547 g/mol. The number of hydrogen-bond donors (Lipinski definition) is 2. The molecule has 8 nitrogen and oxygen atoms in total. The number of benzene rings is 3. The molecule has 0 bridgehead atoms. The van der Waals surface area contributed by atoms with Crippen molar-refractivity contribution in [3.05, 3.63) is 93.5 Å². The van der Waals surface area contributed by atoms with Crippen molar-refractivity contribution >= 4 is 57.1 Å². The smallest absolute Gasteiger partial charge is 0.335 e. The van der Waals surface area contributed by atoms with Gasteiger partial charge in [-0.05, 0) is 73.5 Å². The van der Waals surface area contributed by atoms with E-state index < -0.39 is 17.8 Å². The summed E-state index contributed by atoms with van der Waals surface area (Å²) in [4.78, 5) is 51.7. The minimum atomic E-state index is -0.825. The number of nitrogens with zero attached hydrogens (tertiary/aromatic N) is 1. The Morgan fingerprint density at radius 3 is 2.47 bits per heavy atom. The molecule has 3 aromatic carbocycles. The maximum Gasteiger partial charge on any atom is 0.335 e. The molecule has 0 radical (unpaired) electrons. The van der Waals surface area contributed by atoms with Crippen LogP contribution in [0.2, 0.25) is 0 Å². The molecule has 182 valence electrons. The molecule has 1 aliphatic rings. The Labute approximate surface area is 216 Å². The van der Waals surface area contributed by atoms with E-state index in [0.29, 0.717) is 21.4 Å². The van der Waals surface area contributed by atoms with Crippen LogP contribution < -0.4 is 20.3 Å². The van der Waals surface area contributed by atoms with Crippen molar-refractivity contribution in [3.8, 4) is 5.75 Å². The van der Waals surface area contributed by atoms with E-state index in [9.17, 15) is 19.2 Å². The van der Waals surface area contributed by atoms with E-state index >= 15 is 0 Å². The van der Waals surface area contributed by atoms with Gasteiger partial charge in [0, 0.05) is 15.7 Å². The van der Waals surface area contributed by atoms with Crippen molar-refractivity contribution < 1.29 is 23.9 Å². The van der Waals surface area contributed by atoms with Gasteiger partial charge in [-0.2, -0.15) is 0 Å². The van der Waals surface area contributed by atoms with Crippen molar-refractivity contribution in [2.45, 2.75) is 13.8 Å². The number of nitrogens with one attached hydrogen (secondary N) is 2. The summed E-state index contributed by atoms with van der Waals surface area (Å²) < 4.78 is 6.37. The van der Waals surface area contributed by atoms with Gasteiger partial charge < -0.3 is 10.1 Å². The van der Waals surface area contributed by atoms with Crippen molar-refractivity contribution in [1.82, 2.24) is 5.32 Å². The lowest BCUT2D eigenvalue weighted by molar-refractivity contribution is -0.122. The second kappa shape index (κ2) is 10.6. The lowest BCUT2D eigenvalue weighted by Crippen LogP contribution is -2.54. The molecule has 0 aromatic heterocycles. The Bertz CT molecular complexity index is 1400. The Hall–Kier alpha value is -4.24. The predicted molar refractivity (Wildman–Crippen MR) is 140 cm³/mol. The number of barbiturate groups is 1. The number of carbonyl (C=O) groups excluding carboxylic acids is 4. The lowest BCUT2D eigenvalue weighted by atomic mass is 10.0. The van der Waals surface area contributed by atoms with Crippen LogP contribution in [-0.2, 0) is 14.4 Å². The largest absolute Gasteiger partial charge is 0.483 e. The van der Waals surface area contributed by atoms with Gasteiger partial charge in [0.15, 0.2) is 6.61 Å². The third-order valence-electron chi connectivity index (χ3n) is 5.54. The molecule has 9 heteroatoms. The molecule has 0 aliphatic carbocycles. The summed E-state index contributed by atoms with van der Waals surface area (Å²) >= 11 is 3.37. The zero-order valence-corrected chi connectivity index (χ0v) is 21.1. The fourth-order valence-corrected chi connectivity index (χ4v) is 3.92. The molecule has 4 rings (SSSR count). The molecule has 0 saturated carbocycles. The Balaban J connectivity index is 1.60. The molecule has 3 aromatic rings. The molecule has 1 fully saturated rings. The van der Waals surface area contributed by atoms with Gasteiger partial charge in [0.1, 0.15) is 11.3 Å². The van der Waals surface area contributed by atoms with Crippen LogP contribution in [0, 0.1) is 13.8 Å². The molecule has 0 atom stereocenters. The average Bonchev–Trinajstić information content (AvgIpc) is 2.84. The van der Waals surface area contributed by atoms with Crippen LogP contribution >= 0.6 is 15.9 Å². The van der Waals surface area contributed by atoms with Crippen molar-refractivity contribution in [1.29, 1.82) is 0 Å². The molecule has 0 spiro atoms. The normalized spacial score (nSPS) is 14.6. The van der Waals surface area contributed by atoms with Gasteiger partial charge in [0.05, 0.1) is 5.69 Å². The van der Waals surface area contributed by atoms with Crippen LogP contribution in [0.4, 0.5) is 16.2 Å². The molecule has 0 unspecified atom stereocenters. The van der Waals surface area contributed by atoms with E-state index in [1.807, 2.05) is 19.9 Å². The Morgan fingerprint density at radius 1 is 1.00 bits per heavy atom. The first-order valence-corrected chi connectivity index (χ1v) is 11.8. The van der Waals surface area contributed by atoms with Crippen molar-refractivity contribution in [2.24, 2.45) is 0 Å². The number of rotatable bonds is 6. The highest BCUT2D eigenvalue weighted by Gasteiger charge is 2.37. The molecule has 36 heavy (non-hydrogen) atoms. The number of carbonyl (C=O) groups is 4. The average molecular weight is 548 g/mol. The maximum atomic E-state index is 13.3. The number of halogens is 1. The van der Waals surface area contributed by atoms with Gasteiger partial charge >= 0.3 is 6.03 Å². The number of anilines is 2. The molecule has 2 N–H and O–H groups in total. The van der Waals surface area contributed by atoms with Crippen LogP contribution in [0.15, 0.2) is 76.8 Å².